The molecule has 2 heterocycles. The molecule has 2 atom stereocenters. The zero-order chi connectivity index (χ0) is 21.9. The average molecular weight is 428 g/mol. The number of alkyl halides is 3. The summed E-state index contributed by atoms with van der Waals surface area (Å²) in [4.78, 5) is 12.5. The first-order chi connectivity index (χ1) is 14.3. The third-order valence-electron chi connectivity index (χ3n) is 4.88. The molecule has 8 nitrogen and oxygen atoms in total. The Bertz CT molecular complexity index is 900. The van der Waals surface area contributed by atoms with E-state index < -0.39 is 24.2 Å². The van der Waals surface area contributed by atoms with Crippen LogP contribution < -0.4 is 20.1 Å². The molecule has 0 spiro atoms. The number of hydrogen-bond donors (Lipinski definition) is 2. The molecule has 1 aromatic heterocycles. The highest BCUT2D eigenvalue weighted by Crippen LogP contribution is 2.45. The van der Waals surface area contributed by atoms with Crippen LogP contribution in [-0.4, -0.2) is 56.3 Å². The first kappa shape index (κ1) is 21.8. The van der Waals surface area contributed by atoms with Crippen molar-refractivity contribution < 1.29 is 32.2 Å². The fourth-order valence-electron chi connectivity index (χ4n) is 3.38. The molecule has 0 bridgehead atoms. The number of hydrogen-bond acceptors (Lipinski definition) is 6. The molecule has 0 saturated carbocycles. The van der Waals surface area contributed by atoms with Gasteiger partial charge in [0.2, 0.25) is 0 Å². The summed E-state index contributed by atoms with van der Waals surface area (Å²) in [6.07, 6.45) is -3.69. The number of carbonyl (C=O) groups is 1. The maximum atomic E-state index is 13.8. The molecule has 2 unspecified atom stereocenters. The van der Waals surface area contributed by atoms with Gasteiger partial charge in [-0.25, -0.2) is 4.68 Å². The standard InChI is InChI=1S/C19H23F3N4O4/c1-28-7-6-23-18(27)12-10-24-26-16(19(20,21)22)9-13(25-17(12)26)11-4-5-14(29-2)15(8-11)30-3/h4-5,8,10,13,16,25H,6-7,9H2,1-3H3,(H,23,27). The third kappa shape index (κ3) is 4.30. The smallest absolute Gasteiger partial charge is 0.410 e. The summed E-state index contributed by atoms with van der Waals surface area (Å²) >= 11 is 0. The zero-order valence-electron chi connectivity index (χ0n) is 16.7. The molecular formula is C19H23F3N4O4. The first-order valence-electron chi connectivity index (χ1n) is 9.20. The van der Waals surface area contributed by atoms with Crippen molar-refractivity contribution in [1.29, 1.82) is 0 Å². The maximum Gasteiger partial charge on any atom is 0.410 e. The van der Waals surface area contributed by atoms with Crippen LogP contribution in [0.1, 0.15) is 34.4 Å². The van der Waals surface area contributed by atoms with E-state index in [1.54, 1.807) is 18.2 Å². The van der Waals surface area contributed by atoms with Crippen molar-refractivity contribution in [1.82, 2.24) is 15.1 Å². The molecule has 0 fully saturated rings. The molecule has 1 aliphatic heterocycles. The molecule has 164 valence electrons. The Kier molecular flexibility index (Phi) is 6.40. The van der Waals surface area contributed by atoms with Gasteiger partial charge in [0.05, 0.1) is 33.1 Å². The lowest BCUT2D eigenvalue weighted by Gasteiger charge is -2.34. The third-order valence-corrected chi connectivity index (χ3v) is 4.88. The largest absolute Gasteiger partial charge is 0.493 e. The molecule has 2 N–H and O–H groups in total. The van der Waals surface area contributed by atoms with Gasteiger partial charge in [0.25, 0.3) is 5.91 Å². The van der Waals surface area contributed by atoms with Crippen molar-refractivity contribution >= 4 is 11.7 Å². The predicted octanol–water partition coefficient (Wildman–Crippen LogP) is 2.94. The van der Waals surface area contributed by atoms with Crippen LogP contribution in [0.2, 0.25) is 0 Å². The Labute approximate surface area is 171 Å². The molecule has 0 radical (unpaired) electrons. The first-order valence-corrected chi connectivity index (χ1v) is 9.20. The zero-order valence-corrected chi connectivity index (χ0v) is 16.7. The number of amides is 1. The van der Waals surface area contributed by atoms with Crippen LogP contribution in [-0.2, 0) is 4.74 Å². The summed E-state index contributed by atoms with van der Waals surface area (Å²) in [6.45, 7) is 0.504. The van der Waals surface area contributed by atoms with Crippen molar-refractivity contribution in [2.24, 2.45) is 0 Å². The Morgan fingerprint density at radius 3 is 2.63 bits per heavy atom. The van der Waals surface area contributed by atoms with Crippen molar-refractivity contribution in [3.05, 3.63) is 35.5 Å². The van der Waals surface area contributed by atoms with Crippen molar-refractivity contribution in [2.75, 3.05) is 39.8 Å². The van der Waals surface area contributed by atoms with Gasteiger partial charge < -0.3 is 24.8 Å². The van der Waals surface area contributed by atoms with Crippen molar-refractivity contribution in [2.45, 2.75) is 24.7 Å². The van der Waals surface area contributed by atoms with Gasteiger partial charge in [0.15, 0.2) is 17.5 Å². The minimum atomic E-state index is -4.54. The van der Waals surface area contributed by atoms with E-state index in [0.717, 1.165) is 10.9 Å². The number of benzene rings is 1. The lowest BCUT2D eigenvalue weighted by atomic mass is 9.96. The summed E-state index contributed by atoms with van der Waals surface area (Å²) in [5, 5.41) is 9.48. The van der Waals surface area contributed by atoms with E-state index in [1.165, 1.54) is 21.3 Å². The van der Waals surface area contributed by atoms with Crippen LogP contribution >= 0.6 is 0 Å². The molecule has 1 aromatic carbocycles. The van der Waals surface area contributed by atoms with E-state index in [-0.39, 0.29) is 31.0 Å². The molecule has 3 rings (SSSR count). The number of carbonyl (C=O) groups excluding carboxylic acids is 1. The normalized spacial score (nSPS) is 18.3. The molecule has 0 saturated heterocycles. The number of ether oxygens (including phenoxy) is 3. The molecule has 30 heavy (non-hydrogen) atoms. The molecule has 0 aliphatic carbocycles. The Balaban J connectivity index is 1.96. The van der Waals surface area contributed by atoms with E-state index in [2.05, 4.69) is 15.7 Å². The van der Waals surface area contributed by atoms with Gasteiger partial charge in [-0.05, 0) is 17.7 Å². The minimum absolute atomic E-state index is 0.0123. The van der Waals surface area contributed by atoms with Crippen LogP contribution in [0.4, 0.5) is 19.0 Å². The number of anilines is 1. The predicted molar refractivity (Wildman–Crippen MR) is 102 cm³/mol. The van der Waals surface area contributed by atoms with Gasteiger partial charge in [-0.1, -0.05) is 6.07 Å². The van der Waals surface area contributed by atoms with E-state index in [4.69, 9.17) is 14.2 Å². The topological polar surface area (TPSA) is 86.6 Å². The minimum Gasteiger partial charge on any atom is -0.493 e. The molecular weight excluding hydrogens is 405 g/mol. The highest BCUT2D eigenvalue weighted by Gasteiger charge is 2.47. The molecule has 1 amide bonds. The van der Waals surface area contributed by atoms with Crippen molar-refractivity contribution in [3.8, 4) is 11.5 Å². The van der Waals surface area contributed by atoms with Gasteiger partial charge in [-0.2, -0.15) is 18.3 Å². The van der Waals surface area contributed by atoms with E-state index in [9.17, 15) is 18.0 Å². The van der Waals surface area contributed by atoms with E-state index in [1.807, 2.05) is 0 Å². The van der Waals surface area contributed by atoms with Crippen LogP contribution in [0.3, 0.4) is 0 Å². The SMILES string of the molecule is COCCNC(=O)c1cnn2c1NC(c1ccc(OC)c(OC)c1)CC2C(F)(F)F. The number of halogens is 3. The summed E-state index contributed by atoms with van der Waals surface area (Å²) in [6, 6.07) is 2.31. The second-order valence-electron chi connectivity index (χ2n) is 6.70. The van der Waals surface area contributed by atoms with Gasteiger partial charge in [0.1, 0.15) is 11.4 Å². The fourth-order valence-corrected chi connectivity index (χ4v) is 3.38. The highest BCUT2D eigenvalue weighted by molar-refractivity contribution is 5.98. The van der Waals surface area contributed by atoms with Gasteiger partial charge >= 0.3 is 6.18 Å². The lowest BCUT2D eigenvalue weighted by Crippen LogP contribution is -2.36. The van der Waals surface area contributed by atoms with Crippen LogP contribution in [0.15, 0.2) is 24.4 Å². The Morgan fingerprint density at radius 2 is 2.00 bits per heavy atom. The summed E-state index contributed by atoms with van der Waals surface area (Å²) in [7, 11) is 4.41. The molecule has 11 heteroatoms. The van der Waals surface area contributed by atoms with E-state index in [0.29, 0.717) is 17.1 Å². The summed E-state index contributed by atoms with van der Waals surface area (Å²) in [5.41, 5.74) is 0.602. The van der Waals surface area contributed by atoms with Crippen LogP contribution in [0, 0.1) is 0 Å². The highest BCUT2D eigenvalue weighted by atomic mass is 19.4. The van der Waals surface area contributed by atoms with Crippen LogP contribution in [0.5, 0.6) is 11.5 Å². The lowest BCUT2D eigenvalue weighted by molar-refractivity contribution is -0.173. The molecule has 1 aliphatic rings. The Morgan fingerprint density at radius 1 is 1.27 bits per heavy atom. The summed E-state index contributed by atoms with van der Waals surface area (Å²) < 4.78 is 57.5. The van der Waals surface area contributed by atoms with Crippen LogP contribution in [0.25, 0.3) is 0 Å². The second-order valence-corrected chi connectivity index (χ2v) is 6.70. The monoisotopic (exact) mass is 428 g/mol. The number of rotatable bonds is 7. The Hall–Kier alpha value is -2.95. The average Bonchev–Trinajstić information content (AvgIpc) is 3.15. The molecule has 2 aromatic rings. The number of nitrogens with zero attached hydrogens (tertiary/aromatic N) is 2. The second kappa shape index (κ2) is 8.82. The number of methoxy groups -OCH3 is 3. The number of aromatic nitrogens is 2. The maximum absolute atomic E-state index is 13.8. The van der Waals surface area contributed by atoms with Gasteiger partial charge in [-0.15, -0.1) is 0 Å². The van der Waals surface area contributed by atoms with Gasteiger partial charge in [-0.3, -0.25) is 4.79 Å². The fraction of sp³-hybridized carbons (Fsp3) is 0.474. The number of nitrogens with one attached hydrogen (secondary N) is 2. The quantitative estimate of drug-likeness (QED) is 0.660. The summed E-state index contributed by atoms with van der Waals surface area (Å²) in [5.74, 6) is 0.345. The number of fused-ring (bicyclic) bond motifs is 1. The van der Waals surface area contributed by atoms with Gasteiger partial charge in [0, 0.05) is 20.1 Å². The van der Waals surface area contributed by atoms with Crippen molar-refractivity contribution in [3.63, 3.8) is 0 Å². The van der Waals surface area contributed by atoms with E-state index >= 15 is 0 Å².